The molecule has 2 heterocycles. The Hall–Kier alpha value is -1.41. The van der Waals surface area contributed by atoms with Crippen LogP contribution in [0, 0.1) is 23.2 Å². The van der Waals surface area contributed by atoms with E-state index >= 15 is 0 Å². The van der Waals surface area contributed by atoms with Gasteiger partial charge in [-0.1, -0.05) is 0 Å². The van der Waals surface area contributed by atoms with E-state index in [0.717, 1.165) is 37.0 Å². The molecule has 0 aromatic carbocycles. The number of nitrogens with zero attached hydrogens (tertiary/aromatic N) is 4. The van der Waals surface area contributed by atoms with Crippen molar-refractivity contribution in [1.29, 1.82) is 0 Å². The summed E-state index contributed by atoms with van der Waals surface area (Å²) in [5, 5.41) is 0.0934. The van der Waals surface area contributed by atoms with Crippen LogP contribution in [0.4, 0.5) is 0 Å². The van der Waals surface area contributed by atoms with Crippen molar-refractivity contribution in [3.63, 3.8) is 0 Å². The molecule has 8 heteroatoms. The van der Waals surface area contributed by atoms with Gasteiger partial charge in [0.2, 0.25) is 5.91 Å². The van der Waals surface area contributed by atoms with Gasteiger partial charge in [0.05, 0.1) is 11.7 Å². The molecular weight excluding hydrogens is 376 g/mol. The van der Waals surface area contributed by atoms with Gasteiger partial charge in [0.25, 0.3) is 10.0 Å². The molecule has 0 atom stereocenters. The Morgan fingerprint density at radius 2 is 1.68 bits per heavy atom. The molecule has 0 unspecified atom stereocenters. The lowest BCUT2D eigenvalue weighted by Gasteiger charge is -2.56. The first kappa shape index (κ1) is 18.6. The largest absolute Gasteiger partial charge is 0.341 e. The minimum atomic E-state index is -3.60. The van der Waals surface area contributed by atoms with Crippen LogP contribution >= 0.6 is 0 Å². The van der Waals surface area contributed by atoms with Gasteiger partial charge >= 0.3 is 0 Å². The van der Waals surface area contributed by atoms with E-state index in [4.69, 9.17) is 0 Å². The zero-order valence-corrected chi connectivity index (χ0v) is 17.4. The number of rotatable bonds is 3. The van der Waals surface area contributed by atoms with E-state index in [9.17, 15) is 13.2 Å². The van der Waals surface area contributed by atoms with E-state index in [-0.39, 0.29) is 10.4 Å². The van der Waals surface area contributed by atoms with Crippen LogP contribution in [0.1, 0.15) is 44.9 Å². The molecule has 154 valence electrons. The van der Waals surface area contributed by atoms with Crippen LogP contribution in [-0.4, -0.2) is 59.3 Å². The van der Waals surface area contributed by atoms with Gasteiger partial charge in [0.15, 0.2) is 5.03 Å². The number of sulfonamides is 1. The second-order valence-corrected chi connectivity index (χ2v) is 11.5. The predicted molar refractivity (Wildman–Crippen MR) is 104 cm³/mol. The molecule has 0 spiro atoms. The maximum atomic E-state index is 13.6. The quantitative estimate of drug-likeness (QED) is 0.768. The van der Waals surface area contributed by atoms with Crippen molar-refractivity contribution >= 4 is 15.9 Å². The van der Waals surface area contributed by atoms with E-state index in [1.807, 2.05) is 4.90 Å². The maximum Gasteiger partial charge on any atom is 0.262 e. The van der Waals surface area contributed by atoms with Crippen LogP contribution in [0.25, 0.3) is 0 Å². The Morgan fingerprint density at radius 3 is 2.25 bits per heavy atom. The number of aryl methyl sites for hydroxylation is 1. The summed E-state index contributed by atoms with van der Waals surface area (Å²) < 4.78 is 28.9. The van der Waals surface area contributed by atoms with E-state index in [1.165, 1.54) is 29.9 Å². The molecule has 5 fully saturated rings. The summed E-state index contributed by atoms with van der Waals surface area (Å²) in [7, 11) is -1.83. The molecule has 5 aliphatic rings. The van der Waals surface area contributed by atoms with Gasteiger partial charge in [-0.05, 0) is 62.7 Å². The van der Waals surface area contributed by atoms with E-state index < -0.39 is 10.0 Å². The van der Waals surface area contributed by atoms with E-state index in [2.05, 4.69) is 4.98 Å². The van der Waals surface area contributed by atoms with Gasteiger partial charge in [-0.25, -0.2) is 13.4 Å². The molecule has 4 aliphatic carbocycles. The highest BCUT2D eigenvalue weighted by atomic mass is 32.2. The van der Waals surface area contributed by atoms with Crippen molar-refractivity contribution in [2.75, 3.05) is 26.2 Å². The minimum absolute atomic E-state index is 0.0934. The lowest BCUT2D eigenvalue weighted by atomic mass is 9.49. The zero-order valence-electron chi connectivity index (χ0n) is 16.6. The van der Waals surface area contributed by atoms with Gasteiger partial charge in [-0.3, -0.25) is 4.79 Å². The van der Waals surface area contributed by atoms with Crippen LogP contribution in [-0.2, 0) is 21.9 Å². The molecule has 4 bridgehead atoms. The van der Waals surface area contributed by atoms with Crippen LogP contribution < -0.4 is 0 Å². The second-order valence-electron chi connectivity index (χ2n) is 9.63. The Kier molecular flexibility index (Phi) is 4.36. The summed E-state index contributed by atoms with van der Waals surface area (Å²) in [6.45, 7) is 1.96. The highest BCUT2D eigenvalue weighted by molar-refractivity contribution is 7.89. The van der Waals surface area contributed by atoms with Gasteiger partial charge in [0.1, 0.15) is 0 Å². The number of imidazole rings is 1. The van der Waals surface area contributed by atoms with Crippen molar-refractivity contribution < 1.29 is 13.2 Å². The third-order valence-corrected chi connectivity index (χ3v) is 9.30. The molecule has 6 rings (SSSR count). The molecule has 1 saturated heterocycles. The molecule has 4 saturated carbocycles. The van der Waals surface area contributed by atoms with Crippen molar-refractivity contribution in [2.45, 2.75) is 50.0 Å². The van der Waals surface area contributed by atoms with Gasteiger partial charge in [-0.15, -0.1) is 0 Å². The smallest absolute Gasteiger partial charge is 0.262 e. The molecule has 0 radical (unpaired) electrons. The molecule has 1 aromatic heterocycles. The standard InChI is InChI=1S/C20H30N4O3S/c1-22-13-18(21-14-22)28(26,27)24-4-2-3-23(5-6-24)19(25)20-10-15-7-16(11-20)9-17(8-15)12-20/h13-17H,2-12H2,1H3. The summed E-state index contributed by atoms with van der Waals surface area (Å²) in [5.41, 5.74) is -0.149. The molecule has 0 N–H and O–H groups in total. The number of carbonyl (C=O) groups is 1. The average molecular weight is 407 g/mol. The van der Waals surface area contributed by atoms with Crippen molar-refractivity contribution in [3.8, 4) is 0 Å². The van der Waals surface area contributed by atoms with Crippen molar-refractivity contribution in [1.82, 2.24) is 18.8 Å². The normalized spacial score (nSPS) is 35.9. The Balaban J connectivity index is 1.30. The summed E-state index contributed by atoms with van der Waals surface area (Å²) in [5.74, 6) is 2.53. The predicted octanol–water partition coefficient (Wildman–Crippen LogP) is 1.86. The summed E-state index contributed by atoms with van der Waals surface area (Å²) in [6.07, 6.45) is 10.9. The van der Waals surface area contributed by atoms with Gasteiger partial charge < -0.3 is 9.47 Å². The fourth-order valence-corrected chi connectivity index (χ4v) is 8.14. The number of amides is 1. The number of hydrogen-bond acceptors (Lipinski definition) is 4. The summed E-state index contributed by atoms with van der Waals surface area (Å²) in [6, 6.07) is 0. The van der Waals surface area contributed by atoms with Gasteiger partial charge in [0, 0.05) is 39.4 Å². The Bertz CT molecular complexity index is 842. The fraction of sp³-hybridized carbons (Fsp3) is 0.800. The second kappa shape index (κ2) is 6.55. The topological polar surface area (TPSA) is 75.5 Å². The highest BCUT2D eigenvalue weighted by Crippen LogP contribution is 2.60. The number of carbonyl (C=O) groups excluding carboxylic acids is 1. The SMILES string of the molecule is Cn1cnc(S(=O)(=O)N2CCCN(C(=O)C34CC5CC(CC(C5)C3)C4)CC2)c1. The average Bonchev–Trinajstić information content (AvgIpc) is 2.93. The first-order chi connectivity index (χ1) is 13.4. The Labute approximate surface area is 167 Å². The molecule has 28 heavy (non-hydrogen) atoms. The van der Waals surface area contributed by atoms with Crippen LogP contribution in [0.15, 0.2) is 17.6 Å². The monoisotopic (exact) mass is 406 g/mol. The lowest BCUT2D eigenvalue weighted by molar-refractivity contribution is -0.157. The lowest BCUT2D eigenvalue weighted by Crippen LogP contribution is -2.55. The van der Waals surface area contributed by atoms with E-state index in [0.29, 0.717) is 38.5 Å². The molecule has 7 nitrogen and oxygen atoms in total. The van der Waals surface area contributed by atoms with E-state index in [1.54, 1.807) is 17.8 Å². The highest BCUT2D eigenvalue weighted by Gasteiger charge is 2.55. The van der Waals surface area contributed by atoms with Crippen LogP contribution in [0.5, 0.6) is 0 Å². The fourth-order valence-electron chi connectivity index (χ4n) is 6.70. The summed E-state index contributed by atoms with van der Waals surface area (Å²) in [4.78, 5) is 19.6. The molecule has 1 aliphatic heterocycles. The van der Waals surface area contributed by atoms with Crippen molar-refractivity contribution in [3.05, 3.63) is 12.5 Å². The van der Waals surface area contributed by atoms with Crippen molar-refractivity contribution in [2.24, 2.45) is 30.2 Å². The molecular formula is C20H30N4O3S. The first-order valence-electron chi connectivity index (χ1n) is 10.6. The van der Waals surface area contributed by atoms with Gasteiger partial charge in [-0.2, -0.15) is 4.31 Å². The Morgan fingerprint density at radius 1 is 1.04 bits per heavy atom. The first-order valence-corrected chi connectivity index (χ1v) is 12.1. The summed E-state index contributed by atoms with van der Waals surface area (Å²) >= 11 is 0. The third-order valence-electron chi connectivity index (χ3n) is 7.52. The molecule has 1 amide bonds. The number of hydrogen-bond donors (Lipinski definition) is 0. The minimum Gasteiger partial charge on any atom is -0.341 e. The number of aromatic nitrogens is 2. The third kappa shape index (κ3) is 3.00. The maximum absolute atomic E-state index is 13.6. The zero-order chi connectivity index (χ0) is 19.5. The van der Waals surface area contributed by atoms with Crippen LogP contribution in [0.3, 0.4) is 0 Å². The molecule has 1 aromatic rings. The van der Waals surface area contributed by atoms with Crippen LogP contribution in [0.2, 0.25) is 0 Å².